The first kappa shape index (κ1) is 14.2. The summed E-state index contributed by atoms with van der Waals surface area (Å²) in [7, 11) is 0. The van der Waals surface area contributed by atoms with Gasteiger partial charge in [-0.05, 0) is 49.9 Å². The number of primary amides is 1. The minimum Gasteiger partial charge on any atom is -0.377 e. The molecule has 4 rings (SSSR count). The summed E-state index contributed by atoms with van der Waals surface area (Å²) in [4.78, 5) is 11.2. The van der Waals surface area contributed by atoms with Gasteiger partial charge in [-0.25, -0.2) is 0 Å². The summed E-state index contributed by atoms with van der Waals surface area (Å²) in [5.41, 5.74) is 7.55. The number of amides is 1. The number of benzene rings is 1. The average Bonchev–Trinajstić information content (AvgIpc) is 2.87. The van der Waals surface area contributed by atoms with E-state index in [-0.39, 0.29) is 5.91 Å². The van der Waals surface area contributed by atoms with Gasteiger partial charge in [0.25, 0.3) is 0 Å². The molecule has 2 saturated carbocycles. The third-order valence-electron chi connectivity index (χ3n) is 6.03. The fourth-order valence-electron chi connectivity index (χ4n) is 4.81. The molecule has 1 aliphatic heterocycles. The van der Waals surface area contributed by atoms with Crippen molar-refractivity contribution in [3.05, 3.63) is 35.4 Å². The lowest BCUT2D eigenvalue weighted by Gasteiger charge is -2.63. The second-order valence-corrected chi connectivity index (χ2v) is 7.08. The van der Waals surface area contributed by atoms with E-state index < -0.39 is 0 Å². The highest BCUT2D eigenvalue weighted by Crippen LogP contribution is 2.62. The van der Waals surface area contributed by atoms with Crippen LogP contribution in [0.5, 0.6) is 0 Å². The summed E-state index contributed by atoms with van der Waals surface area (Å²) < 4.78 is 5.96. The summed E-state index contributed by atoms with van der Waals surface area (Å²) in [5, 5.41) is 3.78. The quantitative estimate of drug-likeness (QED) is 0.872. The van der Waals surface area contributed by atoms with Crippen LogP contribution in [0.3, 0.4) is 0 Å². The van der Waals surface area contributed by atoms with Crippen LogP contribution in [0.1, 0.15) is 41.6 Å². The third kappa shape index (κ3) is 2.09. The van der Waals surface area contributed by atoms with Crippen molar-refractivity contribution in [3.63, 3.8) is 0 Å². The molecule has 4 heteroatoms. The fraction of sp³-hybridized carbons (Fsp3) is 0.611. The standard InChI is InChI=1S/C18H24N2O2/c19-17(21)13-4-1-3-12(11-13)5-9-20-15-14-6-10-22-16(14)18(15)7-2-8-18/h1,3-4,11,14-16,20H,2,5-10H2,(H2,19,21)/t14-,15-,16+/m1/s1. The zero-order valence-electron chi connectivity index (χ0n) is 12.9. The van der Waals surface area contributed by atoms with E-state index in [4.69, 9.17) is 10.5 Å². The van der Waals surface area contributed by atoms with Gasteiger partial charge in [-0.2, -0.15) is 0 Å². The Balaban J connectivity index is 1.35. The first-order valence-corrected chi connectivity index (χ1v) is 8.44. The maximum atomic E-state index is 11.2. The van der Waals surface area contributed by atoms with Crippen molar-refractivity contribution < 1.29 is 9.53 Å². The summed E-state index contributed by atoms with van der Waals surface area (Å²) in [6, 6.07) is 8.29. The maximum Gasteiger partial charge on any atom is 0.248 e. The number of carbonyl (C=O) groups is 1. The van der Waals surface area contributed by atoms with Gasteiger partial charge in [-0.3, -0.25) is 4.79 Å². The summed E-state index contributed by atoms with van der Waals surface area (Å²) in [5.74, 6) is 0.366. The lowest BCUT2D eigenvalue weighted by atomic mass is 9.46. The van der Waals surface area contributed by atoms with Gasteiger partial charge in [-0.1, -0.05) is 18.6 Å². The van der Waals surface area contributed by atoms with Gasteiger partial charge < -0.3 is 15.8 Å². The van der Waals surface area contributed by atoms with Gasteiger partial charge in [0.15, 0.2) is 0 Å². The lowest BCUT2D eigenvalue weighted by Crippen LogP contribution is -2.71. The second-order valence-electron chi connectivity index (χ2n) is 7.08. The molecule has 118 valence electrons. The molecule has 1 spiro atoms. The fourth-order valence-corrected chi connectivity index (χ4v) is 4.81. The van der Waals surface area contributed by atoms with Crippen LogP contribution in [0.15, 0.2) is 24.3 Å². The number of hydrogen-bond acceptors (Lipinski definition) is 3. The van der Waals surface area contributed by atoms with Gasteiger partial charge in [0.2, 0.25) is 5.91 Å². The van der Waals surface area contributed by atoms with E-state index in [0.29, 0.717) is 23.1 Å². The van der Waals surface area contributed by atoms with Crippen molar-refractivity contribution >= 4 is 5.91 Å². The molecular formula is C18H24N2O2. The predicted molar refractivity (Wildman–Crippen MR) is 84.6 cm³/mol. The molecule has 3 aliphatic rings. The third-order valence-corrected chi connectivity index (χ3v) is 6.03. The summed E-state index contributed by atoms with van der Waals surface area (Å²) in [6.45, 7) is 1.90. The van der Waals surface area contributed by atoms with Crippen molar-refractivity contribution in [3.8, 4) is 0 Å². The van der Waals surface area contributed by atoms with Gasteiger partial charge in [0.1, 0.15) is 0 Å². The zero-order chi connectivity index (χ0) is 15.2. The van der Waals surface area contributed by atoms with Crippen LogP contribution in [0.2, 0.25) is 0 Å². The van der Waals surface area contributed by atoms with Gasteiger partial charge in [0, 0.05) is 29.5 Å². The van der Waals surface area contributed by atoms with E-state index in [9.17, 15) is 4.79 Å². The Labute approximate surface area is 131 Å². The van der Waals surface area contributed by atoms with E-state index in [1.807, 2.05) is 12.1 Å². The van der Waals surface area contributed by atoms with Gasteiger partial charge in [0.05, 0.1) is 6.10 Å². The topological polar surface area (TPSA) is 64.4 Å². The molecule has 3 fully saturated rings. The van der Waals surface area contributed by atoms with Crippen molar-refractivity contribution in [1.82, 2.24) is 5.32 Å². The molecule has 22 heavy (non-hydrogen) atoms. The van der Waals surface area contributed by atoms with Crippen molar-refractivity contribution in [2.24, 2.45) is 17.1 Å². The van der Waals surface area contributed by atoms with Gasteiger partial charge >= 0.3 is 0 Å². The van der Waals surface area contributed by atoms with E-state index in [0.717, 1.165) is 25.5 Å². The SMILES string of the molecule is NC(=O)c1cccc(CCN[C@@H]2[C@H]3CCO[C@@H]3C23CCC3)c1. The van der Waals surface area contributed by atoms with Gasteiger partial charge in [-0.15, -0.1) is 0 Å². The first-order valence-electron chi connectivity index (χ1n) is 8.44. The summed E-state index contributed by atoms with van der Waals surface area (Å²) in [6.07, 6.45) is 6.67. The Morgan fingerprint density at radius 1 is 1.41 bits per heavy atom. The number of carbonyl (C=O) groups excluding carboxylic acids is 1. The Morgan fingerprint density at radius 2 is 2.27 bits per heavy atom. The molecule has 0 unspecified atom stereocenters. The van der Waals surface area contributed by atoms with E-state index in [1.165, 1.54) is 31.2 Å². The number of hydrogen-bond donors (Lipinski definition) is 2. The van der Waals surface area contributed by atoms with Crippen molar-refractivity contribution in [2.45, 2.75) is 44.2 Å². The monoisotopic (exact) mass is 300 g/mol. The van der Waals surface area contributed by atoms with E-state index in [2.05, 4.69) is 11.4 Å². The average molecular weight is 300 g/mol. The first-order chi connectivity index (χ1) is 10.7. The summed E-state index contributed by atoms with van der Waals surface area (Å²) >= 11 is 0. The molecule has 2 aliphatic carbocycles. The molecule has 0 radical (unpaired) electrons. The second kappa shape index (κ2) is 5.36. The highest BCUT2D eigenvalue weighted by atomic mass is 16.5. The molecule has 4 nitrogen and oxygen atoms in total. The number of rotatable bonds is 5. The molecule has 0 aromatic heterocycles. The number of fused-ring (bicyclic) bond motifs is 2. The Kier molecular flexibility index (Phi) is 3.46. The molecule has 1 amide bonds. The zero-order valence-corrected chi connectivity index (χ0v) is 12.9. The van der Waals surface area contributed by atoms with Crippen molar-refractivity contribution in [1.29, 1.82) is 0 Å². The minimum absolute atomic E-state index is 0.354. The van der Waals surface area contributed by atoms with E-state index in [1.54, 1.807) is 6.07 Å². The molecule has 1 heterocycles. The Morgan fingerprint density at radius 3 is 3.00 bits per heavy atom. The smallest absolute Gasteiger partial charge is 0.248 e. The lowest BCUT2D eigenvalue weighted by molar-refractivity contribution is -0.175. The molecule has 1 saturated heterocycles. The van der Waals surface area contributed by atoms with E-state index >= 15 is 0 Å². The highest BCUT2D eigenvalue weighted by molar-refractivity contribution is 5.92. The predicted octanol–water partition coefficient (Wildman–Crippen LogP) is 1.88. The van der Waals surface area contributed by atoms with Crippen LogP contribution in [-0.2, 0) is 11.2 Å². The molecule has 3 atom stereocenters. The van der Waals surface area contributed by atoms with Crippen molar-refractivity contribution in [2.75, 3.05) is 13.2 Å². The molecule has 3 N–H and O–H groups in total. The van der Waals surface area contributed by atoms with Crippen LogP contribution in [-0.4, -0.2) is 31.2 Å². The normalized spacial score (nSPS) is 31.4. The van der Waals surface area contributed by atoms with Crippen LogP contribution >= 0.6 is 0 Å². The number of ether oxygens (including phenoxy) is 1. The maximum absolute atomic E-state index is 11.2. The molecule has 0 bridgehead atoms. The Hall–Kier alpha value is -1.39. The molecular weight excluding hydrogens is 276 g/mol. The van der Waals surface area contributed by atoms with Crippen LogP contribution in [0.4, 0.5) is 0 Å². The largest absolute Gasteiger partial charge is 0.377 e. The van der Waals surface area contributed by atoms with Crippen LogP contribution in [0, 0.1) is 11.3 Å². The molecule has 1 aromatic carbocycles. The minimum atomic E-state index is -0.354. The van der Waals surface area contributed by atoms with Crippen LogP contribution in [0.25, 0.3) is 0 Å². The van der Waals surface area contributed by atoms with Crippen LogP contribution < -0.4 is 11.1 Å². The molecule has 1 aromatic rings. The highest BCUT2D eigenvalue weighted by Gasteiger charge is 2.66. The number of nitrogens with one attached hydrogen (secondary N) is 1. The Bertz CT molecular complexity index is 582. The number of nitrogens with two attached hydrogens (primary N) is 1.